The number of aryl methyl sites for hydroxylation is 1. The Kier molecular flexibility index (Phi) is 6.07. The van der Waals surface area contributed by atoms with Crippen LogP contribution in [0, 0.1) is 6.92 Å². The lowest BCUT2D eigenvalue weighted by Crippen LogP contribution is -2.32. The van der Waals surface area contributed by atoms with Gasteiger partial charge >= 0.3 is 0 Å². The molecule has 2 rings (SSSR count). The van der Waals surface area contributed by atoms with Crippen LogP contribution in [0.5, 0.6) is 17.2 Å². The lowest BCUT2D eigenvalue weighted by molar-refractivity contribution is -0.122. The largest absolute Gasteiger partial charge is 0.497 e. The van der Waals surface area contributed by atoms with Crippen molar-refractivity contribution in [1.82, 2.24) is 0 Å². The van der Waals surface area contributed by atoms with E-state index in [4.69, 9.17) is 14.2 Å². The van der Waals surface area contributed by atoms with Gasteiger partial charge in [0.2, 0.25) is 0 Å². The molecule has 0 aliphatic rings. The lowest BCUT2D eigenvalue weighted by Gasteiger charge is -2.19. The van der Waals surface area contributed by atoms with Gasteiger partial charge in [-0.25, -0.2) is 0 Å². The molecule has 0 aliphatic heterocycles. The first kappa shape index (κ1) is 17.7. The maximum atomic E-state index is 12.6. The molecule has 0 bridgehead atoms. The fourth-order valence-electron chi connectivity index (χ4n) is 2.28. The normalized spacial score (nSPS) is 11.5. The standard InChI is InChI=1S/C19H23NO4/c1-5-16(24-17-9-7-6-8-13(17)2)19(21)20-15-11-10-14(22-3)12-18(15)23-4/h6-12,16H,5H2,1-4H3,(H,20,21)/t16-/m0/s1. The summed E-state index contributed by atoms with van der Waals surface area (Å²) in [5.74, 6) is 1.69. The molecule has 5 heteroatoms. The van der Waals surface area contributed by atoms with Crippen molar-refractivity contribution in [2.75, 3.05) is 19.5 Å². The predicted molar refractivity (Wildman–Crippen MR) is 94.1 cm³/mol. The second-order valence-electron chi connectivity index (χ2n) is 5.34. The smallest absolute Gasteiger partial charge is 0.265 e. The first-order valence-electron chi connectivity index (χ1n) is 7.84. The molecule has 0 saturated carbocycles. The summed E-state index contributed by atoms with van der Waals surface area (Å²) in [5, 5.41) is 2.86. The van der Waals surface area contributed by atoms with E-state index >= 15 is 0 Å². The maximum absolute atomic E-state index is 12.6. The number of methoxy groups -OCH3 is 2. The molecular weight excluding hydrogens is 306 g/mol. The fourth-order valence-corrected chi connectivity index (χ4v) is 2.28. The third kappa shape index (κ3) is 4.19. The van der Waals surface area contributed by atoms with Crippen molar-refractivity contribution < 1.29 is 19.0 Å². The highest BCUT2D eigenvalue weighted by molar-refractivity contribution is 5.95. The van der Waals surface area contributed by atoms with Crippen LogP contribution in [-0.2, 0) is 4.79 Å². The van der Waals surface area contributed by atoms with Crippen LogP contribution < -0.4 is 19.5 Å². The van der Waals surface area contributed by atoms with Crippen molar-refractivity contribution in [3.63, 3.8) is 0 Å². The van der Waals surface area contributed by atoms with E-state index in [9.17, 15) is 4.79 Å². The van der Waals surface area contributed by atoms with E-state index in [-0.39, 0.29) is 5.91 Å². The van der Waals surface area contributed by atoms with E-state index < -0.39 is 6.10 Å². The van der Waals surface area contributed by atoms with Gasteiger partial charge in [0, 0.05) is 6.07 Å². The summed E-state index contributed by atoms with van der Waals surface area (Å²) < 4.78 is 16.3. The SMILES string of the molecule is CC[C@H](Oc1ccccc1C)C(=O)Nc1ccc(OC)cc1OC. The van der Waals surface area contributed by atoms with Gasteiger partial charge in [0.25, 0.3) is 5.91 Å². The van der Waals surface area contributed by atoms with Gasteiger partial charge in [0.15, 0.2) is 6.10 Å². The molecule has 0 aliphatic carbocycles. The first-order chi connectivity index (χ1) is 11.6. The monoisotopic (exact) mass is 329 g/mol. The highest BCUT2D eigenvalue weighted by Gasteiger charge is 2.20. The van der Waals surface area contributed by atoms with Gasteiger partial charge in [0.05, 0.1) is 19.9 Å². The number of rotatable bonds is 7. The molecule has 1 amide bonds. The summed E-state index contributed by atoms with van der Waals surface area (Å²) in [6.45, 7) is 3.86. The van der Waals surface area contributed by atoms with Crippen LogP contribution in [0.15, 0.2) is 42.5 Å². The minimum absolute atomic E-state index is 0.218. The molecule has 0 radical (unpaired) electrons. The number of carbonyl (C=O) groups excluding carboxylic acids is 1. The number of carbonyl (C=O) groups is 1. The molecule has 0 saturated heterocycles. The molecule has 1 N–H and O–H groups in total. The summed E-state index contributed by atoms with van der Waals surface area (Å²) in [6, 6.07) is 12.9. The van der Waals surface area contributed by atoms with Crippen molar-refractivity contribution in [3.05, 3.63) is 48.0 Å². The number of benzene rings is 2. The Bertz CT molecular complexity index is 700. The number of amides is 1. The van der Waals surface area contributed by atoms with Gasteiger partial charge in [-0.15, -0.1) is 0 Å². The Labute approximate surface area is 142 Å². The number of nitrogens with one attached hydrogen (secondary N) is 1. The van der Waals surface area contributed by atoms with Gasteiger partial charge in [-0.05, 0) is 37.1 Å². The Balaban J connectivity index is 2.13. The fraction of sp³-hybridized carbons (Fsp3) is 0.316. The number of anilines is 1. The van der Waals surface area contributed by atoms with Crippen LogP contribution in [-0.4, -0.2) is 26.2 Å². The van der Waals surface area contributed by atoms with E-state index in [0.29, 0.717) is 29.4 Å². The van der Waals surface area contributed by atoms with Gasteiger partial charge in [-0.1, -0.05) is 25.1 Å². The van der Waals surface area contributed by atoms with Gasteiger partial charge in [0.1, 0.15) is 17.2 Å². The zero-order valence-electron chi connectivity index (χ0n) is 14.5. The van der Waals surface area contributed by atoms with Crippen molar-refractivity contribution in [3.8, 4) is 17.2 Å². The van der Waals surface area contributed by atoms with Crippen molar-refractivity contribution in [1.29, 1.82) is 0 Å². The van der Waals surface area contributed by atoms with Crippen molar-refractivity contribution in [2.24, 2.45) is 0 Å². The Morgan fingerprint density at radius 1 is 1.08 bits per heavy atom. The van der Waals surface area contributed by atoms with Crippen LogP contribution in [0.25, 0.3) is 0 Å². The van der Waals surface area contributed by atoms with E-state index in [0.717, 1.165) is 5.56 Å². The zero-order chi connectivity index (χ0) is 17.5. The third-order valence-corrected chi connectivity index (χ3v) is 3.69. The zero-order valence-corrected chi connectivity index (χ0v) is 14.5. The van der Waals surface area contributed by atoms with Crippen LogP contribution in [0.2, 0.25) is 0 Å². The number of ether oxygens (including phenoxy) is 3. The van der Waals surface area contributed by atoms with E-state index in [2.05, 4.69) is 5.32 Å². The van der Waals surface area contributed by atoms with Gasteiger partial charge in [-0.3, -0.25) is 4.79 Å². The lowest BCUT2D eigenvalue weighted by atomic mass is 10.2. The van der Waals surface area contributed by atoms with E-state index in [1.165, 1.54) is 0 Å². The molecule has 24 heavy (non-hydrogen) atoms. The third-order valence-electron chi connectivity index (χ3n) is 3.69. The first-order valence-corrected chi connectivity index (χ1v) is 7.84. The minimum atomic E-state index is -0.585. The molecule has 0 heterocycles. The second-order valence-corrected chi connectivity index (χ2v) is 5.34. The summed E-state index contributed by atoms with van der Waals surface area (Å²) >= 11 is 0. The summed E-state index contributed by atoms with van der Waals surface area (Å²) in [5.41, 5.74) is 1.57. The molecule has 2 aromatic carbocycles. The van der Waals surface area contributed by atoms with E-state index in [1.807, 2.05) is 38.1 Å². The van der Waals surface area contributed by atoms with Crippen LogP contribution in [0.3, 0.4) is 0 Å². The Morgan fingerprint density at radius 3 is 2.46 bits per heavy atom. The molecule has 5 nitrogen and oxygen atoms in total. The quantitative estimate of drug-likeness (QED) is 0.839. The molecular formula is C19H23NO4. The number of para-hydroxylation sites is 1. The highest BCUT2D eigenvalue weighted by Crippen LogP contribution is 2.29. The second kappa shape index (κ2) is 8.24. The summed E-state index contributed by atoms with van der Waals surface area (Å²) in [7, 11) is 3.13. The van der Waals surface area contributed by atoms with Gasteiger partial charge in [-0.2, -0.15) is 0 Å². The number of hydrogen-bond donors (Lipinski definition) is 1. The van der Waals surface area contributed by atoms with Crippen LogP contribution >= 0.6 is 0 Å². The molecule has 0 fully saturated rings. The molecule has 0 unspecified atom stereocenters. The van der Waals surface area contributed by atoms with Crippen LogP contribution in [0.4, 0.5) is 5.69 Å². The molecule has 0 aromatic heterocycles. The van der Waals surface area contributed by atoms with E-state index in [1.54, 1.807) is 32.4 Å². The Morgan fingerprint density at radius 2 is 1.83 bits per heavy atom. The molecule has 2 aromatic rings. The summed E-state index contributed by atoms with van der Waals surface area (Å²) in [6.07, 6.45) is -0.0311. The molecule has 1 atom stereocenters. The average molecular weight is 329 g/mol. The van der Waals surface area contributed by atoms with Crippen molar-refractivity contribution >= 4 is 11.6 Å². The topological polar surface area (TPSA) is 56.8 Å². The molecule has 128 valence electrons. The van der Waals surface area contributed by atoms with Crippen LogP contribution in [0.1, 0.15) is 18.9 Å². The number of hydrogen-bond acceptors (Lipinski definition) is 4. The molecule has 0 spiro atoms. The van der Waals surface area contributed by atoms with Gasteiger partial charge < -0.3 is 19.5 Å². The highest BCUT2D eigenvalue weighted by atomic mass is 16.5. The average Bonchev–Trinajstić information content (AvgIpc) is 2.61. The van der Waals surface area contributed by atoms with Crippen molar-refractivity contribution in [2.45, 2.75) is 26.4 Å². The minimum Gasteiger partial charge on any atom is -0.497 e. The predicted octanol–water partition coefficient (Wildman–Crippen LogP) is 3.81. The Hall–Kier alpha value is -2.69. The maximum Gasteiger partial charge on any atom is 0.265 e. The summed E-state index contributed by atoms with van der Waals surface area (Å²) in [4.78, 5) is 12.6.